The van der Waals surface area contributed by atoms with E-state index in [-0.39, 0.29) is 12.1 Å². The third-order valence-corrected chi connectivity index (χ3v) is 3.90. The van der Waals surface area contributed by atoms with Gasteiger partial charge in [0, 0.05) is 18.4 Å². The fourth-order valence-electron chi connectivity index (χ4n) is 2.10. The molecule has 0 amide bonds. The van der Waals surface area contributed by atoms with Gasteiger partial charge in [-0.3, -0.25) is 9.78 Å². The molecular weight excluding hydrogens is 298 g/mol. The molecule has 98 valence electrons. The van der Waals surface area contributed by atoms with Crippen LogP contribution in [0.5, 0.6) is 0 Å². The molecular formula is C13H16BrNO3. The van der Waals surface area contributed by atoms with Crippen LogP contribution in [0, 0.1) is 0 Å². The molecule has 1 aromatic rings. The van der Waals surface area contributed by atoms with E-state index in [1.54, 1.807) is 6.20 Å². The van der Waals surface area contributed by atoms with E-state index in [1.165, 1.54) is 7.11 Å². The fraction of sp³-hybridized carbons (Fsp3) is 0.538. The molecule has 0 bridgehead atoms. The largest absolute Gasteiger partial charge is 0.468 e. The van der Waals surface area contributed by atoms with Crippen molar-refractivity contribution >= 4 is 21.9 Å². The number of aromatic nitrogens is 1. The van der Waals surface area contributed by atoms with Crippen molar-refractivity contribution in [1.82, 2.24) is 4.98 Å². The van der Waals surface area contributed by atoms with Gasteiger partial charge >= 0.3 is 5.97 Å². The third-order valence-electron chi connectivity index (χ3n) is 3.04. The predicted octanol–water partition coefficient (Wildman–Crippen LogP) is 2.93. The summed E-state index contributed by atoms with van der Waals surface area (Å²) in [6, 6.07) is 3.70. The van der Waals surface area contributed by atoms with E-state index in [9.17, 15) is 4.79 Å². The predicted molar refractivity (Wildman–Crippen MR) is 70.5 cm³/mol. The summed E-state index contributed by atoms with van der Waals surface area (Å²) in [5.41, 5.74) is 1.67. The van der Waals surface area contributed by atoms with Gasteiger partial charge in [-0.1, -0.05) is 22.0 Å². The third kappa shape index (κ3) is 2.90. The second-order valence-electron chi connectivity index (χ2n) is 4.22. The molecule has 0 spiro atoms. The zero-order valence-corrected chi connectivity index (χ0v) is 11.9. The Morgan fingerprint density at radius 1 is 1.61 bits per heavy atom. The lowest BCUT2D eigenvalue weighted by Gasteiger charge is -2.24. The van der Waals surface area contributed by atoms with Crippen LogP contribution in [0.1, 0.15) is 41.5 Å². The monoisotopic (exact) mass is 313 g/mol. The van der Waals surface area contributed by atoms with Crippen LogP contribution in [-0.4, -0.2) is 24.7 Å². The molecule has 0 aliphatic carbocycles. The summed E-state index contributed by atoms with van der Waals surface area (Å²) in [4.78, 5) is 15.5. The van der Waals surface area contributed by atoms with Gasteiger partial charge in [0.2, 0.25) is 0 Å². The molecule has 2 heterocycles. The van der Waals surface area contributed by atoms with Crippen LogP contribution in [0.25, 0.3) is 0 Å². The van der Waals surface area contributed by atoms with E-state index in [4.69, 9.17) is 9.47 Å². The van der Waals surface area contributed by atoms with Crippen molar-refractivity contribution in [3.63, 3.8) is 0 Å². The first-order valence-electron chi connectivity index (χ1n) is 6.02. The van der Waals surface area contributed by atoms with Crippen LogP contribution in [0.2, 0.25) is 0 Å². The quantitative estimate of drug-likeness (QED) is 0.636. The summed E-state index contributed by atoms with van der Waals surface area (Å²) in [7, 11) is 1.38. The maximum Gasteiger partial charge on any atom is 0.324 e. The molecule has 1 saturated heterocycles. The number of rotatable bonds is 3. The van der Waals surface area contributed by atoms with Crippen LogP contribution < -0.4 is 0 Å². The second-order valence-corrected chi connectivity index (χ2v) is 5.13. The molecule has 2 atom stereocenters. The summed E-state index contributed by atoms with van der Waals surface area (Å²) in [6.07, 6.45) is 4.89. The fourth-order valence-corrected chi connectivity index (χ4v) is 2.67. The molecule has 1 aliphatic heterocycles. The van der Waals surface area contributed by atoms with Gasteiger partial charge in [-0.2, -0.15) is 0 Å². The van der Waals surface area contributed by atoms with E-state index < -0.39 is 4.83 Å². The summed E-state index contributed by atoms with van der Waals surface area (Å²) in [6.45, 7) is 0.756. The van der Waals surface area contributed by atoms with Crippen LogP contribution in [0.15, 0.2) is 18.3 Å². The molecule has 0 radical (unpaired) electrons. The van der Waals surface area contributed by atoms with Gasteiger partial charge < -0.3 is 9.47 Å². The standard InChI is InChI=1S/C13H16BrNO3/c1-17-13(16)11(14)9-5-4-7-15-12(9)10-6-2-3-8-18-10/h4-5,7,10-11H,2-3,6,8H2,1H3. The number of carbonyl (C=O) groups is 1. The molecule has 0 N–H and O–H groups in total. The van der Waals surface area contributed by atoms with E-state index >= 15 is 0 Å². The van der Waals surface area contributed by atoms with Gasteiger partial charge in [0.05, 0.1) is 18.9 Å². The molecule has 5 heteroatoms. The minimum absolute atomic E-state index is 0.0142. The Kier molecular flexibility index (Phi) is 4.72. The highest BCUT2D eigenvalue weighted by Crippen LogP contribution is 2.34. The Balaban J connectivity index is 2.27. The van der Waals surface area contributed by atoms with Crippen molar-refractivity contribution in [3.05, 3.63) is 29.6 Å². The van der Waals surface area contributed by atoms with E-state index in [0.29, 0.717) is 0 Å². The van der Waals surface area contributed by atoms with E-state index in [1.807, 2.05) is 12.1 Å². The average Bonchev–Trinajstić information content (AvgIpc) is 2.46. The number of halogens is 1. The number of carbonyl (C=O) groups excluding carboxylic acids is 1. The lowest BCUT2D eigenvalue weighted by molar-refractivity contribution is -0.139. The van der Waals surface area contributed by atoms with Gasteiger partial charge in [0.1, 0.15) is 4.83 Å². The molecule has 1 fully saturated rings. The van der Waals surface area contributed by atoms with Crippen molar-refractivity contribution in [3.8, 4) is 0 Å². The Morgan fingerprint density at radius 2 is 2.44 bits per heavy atom. The number of ether oxygens (including phenoxy) is 2. The first-order valence-corrected chi connectivity index (χ1v) is 6.94. The second kappa shape index (κ2) is 6.29. The summed E-state index contributed by atoms with van der Waals surface area (Å²) in [5, 5.41) is 0. The van der Waals surface area contributed by atoms with Gasteiger partial charge in [-0.05, 0) is 25.3 Å². The van der Waals surface area contributed by atoms with Crippen LogP contribution in [0.4, 0.5) is 0 Å². The molecule has 1 aliphatic rings. The topological polar surface area (TPSA) is 48.4 Å². The molecule has 1 aromatic heterocycles. The van der Waals surface area contributed by atoms with Crippen molar-refractivity contribution in [1.29, 1.82) is 0 Å². The van der Waals surface area contributed by atoms with Crippen LogP contribution in [0.3, 0.4) is 0 Å². The van der Waals surface area contributed by atoms with E-state index in [2.05, 4.69) is 20.9 Å². The highest BCUT2D eigenvalue weighted by Gasteiger charge is 2.26. The molecule has 18 heavy (non-hydrogen) atoms. The van der Waals surface area contributed by atoms with Crippen molar-refractivity contribution in [2.45, 2.75) is 30.2 Å². The first-order chi connectivity index (χ1) is 8.74. The van der Waals surface area contributed by atoms with Crippen molar-refractivity contribution < 1.29 is 14.3 Å². The molecule has 2 unspecified atom stereocenters. The molecule has 4 nitrogen and oxygen atoms in total. The highest BCUT2D eigenvalue weighted by atomic mass is 79.9. The minimum atomic E-state index is -0.489. The number of methoxy groups -OCH3 is 1. The van der Waals surface area contributed by atoms with Crippen molar-refractivity contribution in [2.75, 3.05) is 13.7 Å². The van der Waals surface area contributed by atoms with Crippen LogP contribution >= 0.6 is 15.9 Å². The Morgan fingerprint density at radius 3 is 3.11 bits per heavy atom. The lowest BCUT2D eigenvalue weighted by Crippen LogP contribution is -2.17. The number of pyridine rings is 1. The van der Waals surface area contributed by atoms with Crippen molar-refractivity contribution in [2.24, 2.45) is 0 Å². The Hall–Kier alpha value is -0.940. The van der Waals surface area contributed by atoms with Gasteiger partial charge in [-0.15, -0.1) is 0 Å². The molecule has 0 saturated carbocycles. The molecule has 2 rings (SSSR count). The zero-order chi connectivity index (χ0) is 13.0. The van der Waals surface area contributed by atoms with E-state index in [0.717, 1.165) is 37.1 Å². The van der Waals surface area contributed by atoms with Crippen LogP contribution in [-0.2, 0) is 14.3 Å². The number of nitrogens with zero attached hydrogens (tertiary/aromatic N) is 1. The normalized spacial score (nSPS) is 21.3. The summed E-state index contributed by atoms with van der Waals surface area (Å²) >= 11 is 3.36. The maximum atomic E-state index is 11.6. The number of esters is 1. The Labute approximate surface area is 115 Å². The summed E-state index contributed by atoms with van der Waals surface area (Å²) in [5.74, 6) is -0.319. The number of alkyl halides is 1. The molecule has 0 aromatic carbocycles. The minimum Gasteiger partial charge on any atom is -0.468 e. The number of hydrogen-bond acceptors (Lipinski definition) is 4. The van der Waals surface area contributed by atoms with Gasteiger partial charge in [0.15, 0.2) is 0 Å². The van der Waals surface area contributed by atoms with Gasteiger partial charge in [-0.25, -0.2) is 0 Å². The lowest BCUT2D eigenvalue weighted by atomic mass is 10.0. The number of hydrogen-bond donors (Lipinski definition) is 0. The zero-order valence-electron chi connectivity index (χ0n) is 10.3. The maximum absolute atomic E-state index is 11.6. The average molecular weight is 314 g/mol. The SMILES string of the molecule is COC(=O)C(Br)c1cccnc1C1CCCCO1. The summed E-state index contributed by atoms with van der Waals surface area (Å²) < 4.78 is 10.5. The highest BCUT2D eigenvalue weighted by molar-refractivity contribution is 9.09. The van der Waals surface area contributed by atoms with Gasteiger partial charge in [0.25, 0.3) is 0 Å². The Bertz CT molecular complexity index is 418. The smallest absolute Gasteiger partial charge is 0.324 e. The first kappa shape index (κ1) is 13.5.